The Bertz CT molecular complexity index is 844. The minimum atomic E-state index is 0.157. The van der Waals surface area contributed by atoms with Crippen LogP contribution in [0.15, 0.2) is 41.4 Å². The van der Waals surface area contributed by atoms with Crippen molar-refractivity contribution in [2.45, 2.75) is 20.8 Å². The van der Waals surface area contributed by atoms with Gasteiger partial charge in [-0.05, 0) is 44.0 Å². The van der Waals surface area contributed by atoms with Gasteiger partial charge in [0.1, 0.15) is 0 Å². The van der Waals surface area contributed by atoms with Crippen LogP contribution in [0.3, 0.4) is 0 Å². The lowest BCUT2D eigenvalue weighted by atomic mass is 10.1. The molecule has 2 aromatic carbocycles. The fourth-order valence-corrected chi connectivity index (χ4v) is 2.53. The Morgan fingerprint density at radius 1 is 1.00 bits per heavy atom. The molecular formula is C18H18N2O. The molecule has 0 aliphatic carbocycles. The summed E-state index contributed by atoms with van der Waals surface area (Å²) in [4.78, 5) is 7.51. The zero-order chi connectivity index (χ0) is 15.0. The number of aromatic amines is 1. The summed E-state index contributed by atoms with van der Waals surface area (Å²) in [7, 11) is 0. The quantitative estimate of drug-likeness (QED) is 0.664. The molecule has 2 N–H and O–H groups in total. The Balaban J connectivity index is 2.05. The molecule has 3 heteroatoms. The maximum atomic E-state index is 10.1. The van der Waals surface area contributed by atoms with Gasteiger partial charge in [0.05, 0.1) is 11.3 Å². The maximum absolute atomic E-state index is 10.1. The number of aromatic nitrogens is 1. The zero-order valence-corrected chi connectivity index (χ0v) is 12.4. The van der Waals surface area contributed by atoms with Gasteiger partial charge in [-0.2, -0.15) is 0 Å². The number of fused-ring (bicyclic) bond motifs is 1. The summed E-state index contributed by atoms with van der Waals surface area (Å²) in [6, 6.07) is 12.2. The van der Waals surface area contributed by atoms with Crippen LogP contribution in [0.4, 0.5) is 5.69 Å². The molecule has 3 nitrogen and oxygen atoms in total. The highest BCUT2D eigenvalue weighted by atomic mass is 16.3. The van der Waals surface area contributed by atoms with Gasteiger partial charge in [-0.1, -0.05) is 29.8 Å². The molecule has 0 atom stereocenters. The summed E-state index contributed by atoms with van der Waals surface area (Å²) >= 11 is 0. The summed E-state index contributed by atoms with van der Waals surface area (Å²) in [5.74, 6) is 0.157. The molecule has 0 fully saturated rings. The summed E-state index contributed by atoms with van der Waals surface area (Å²) in [5, 5.41) is 11.0. The Kier molecular flexibility index (Phi) is 3.26. The van der Waals surface area contributed by atoms with E-state index in [1.54, 1.807) is 6.21 Å². The SMILES string of the molecule is Cc1ccc(N=Cc2c(O)[nH]c3cc(C)ccc23)c(C)c1. The van der Waals surface area contributed by atoms with E-state index in [9.17, 15) is 5.11 Å². The van der Waals surface area contributed by atoms with Crippen LogP contribution in [0.2, 0.25) is 0 Å². The highest BCUT2D eigenvalue weighted by molar-refractivity contribution is 6.02. The molecule has 0 radical (unpaired) electrons. The molecule has 0 spiro atoms. The van der Waals surface area contributed by atoms with Crippen LogP contribution < -0.4 is 0 Å². The first-order chi connectivity index (χ1) is 10.0. The Morgan fingerprint density at radius 3 is 2.48 bits per heavy atom. The number of rotatable bonds is 2. The molecular weight excluding hydrogens is 260 g/mol. The first-order valence-corrected chi connectivity index (χ1v) is 6.97. The van der Waals surface area contributed by atoms with Crippen molar-refractivity contribution >= 4 is 22.8 Å². The van der Waals surface area contributed by atoms with Crippen molar-refractivity contribution in [3.05, 3.63) is 58.7 Å². The number of nitrogens with one attached hydrogen (secondary N) is 1. The van der Waals surface area contributed by atoms with Crippen LogP contribution in [-0.4, -0.2) is 16.3 Å². The topological polar surface area (TPSA) is 48.4 Å². The lowest BCUT2D eigenvalue weighted by Crippen LogP contribution is -1.82. The number of aryl methyl sites for hydroxylation is 3. The standard InChI is InChI=1S/C18H18N2O/c1-11-5-7-16(13(3)8-11)19-10-15-14-6-4-12(2)9-17(14)20-18(15)21/h4-10,20-21H,1-3H3. The summed E-state index contributed by atoms with van der Waals surface area (Å²) in [5.41, 5.74) is 6.07. The number of aliphatic imine (C=N–C) groups is 1. The molecule has 21 heavy (non-hydrogen) atoms. The van der Waals surface area contributed by atoms with Crippen LogP contribution in [0.1, 0.15) is 22.3 Å². The van der Waals surface area contributed by atoms with Crippen molar-refractivity contribution in [1.82, 2.24) is 4.98 Å². The largest absolute Gasteiger partial charge is 0.494 e. The van der Waals surface area contributed by atoms with E-state index in [0.29, 0.717) is 0 Å². The third-order valence-electron chi connectivity index (χ3n) is 3.66. The van der Waals surface area contributed by atoms with Crippen molar-refractivity contribution in [2.75, 3.05) is 0 Å². The third-order valence-corrected chi connectivity index (χ3v) is 3.66. The molecule has 0 saturated heterocycles. The highest BCUT2D eigenvalue weighted by Gasteiger charge is 2.08. The molecule has 3 rings (SSSR count). The Labute approximate surface area is 124 Å². The number of hydrogen-bond donors (Lipinski definition) is 2. The number of hydrogen-bond acceptors (Lipinski definition) is 2. The normalized spacial score (nSPS) is 11.6. The highest BCUT2D eigenvalue weighted by Crippen LogP contribution is 2.27. The van der Waals surface area contributed by atoms with E-state index in [1.807, 2.05) is 44.2 Å². The van der Waals surface area contributed by atoms with E-state index in [1.165, 1.54) is 5.56 Å². The second kappa shape index (κ2) is 5.09. The fourth-order valence-electron chi connectivity index (χ4n) is 2.53. The molecule has 0 aliphatic heterocycles. The minimum absolute atomic E-state index is 0.157. The van der Waals surface area contributed by atoms with Crippen LogP contribution in [-0.2, 0) is 0 Å². The predicted octanol–water partition coefficient (Wildman–Crippen LogP) is 4.55. The van der Waals surface area contributed by atoms with Crippen LogP contribution in [0, 0.1) is 20.8 Å². The van der Waals surface area contributed by atoms with E-state index in [2.05, 4.69) is 23.0 Å². The average molecular weight is 278 g/mol. The van der Waals surface area contributed by atoms with E-state index in [-0.39, 0.29) is 5.88 Å². The van der Waals surface area contributed by atoms with E-state index in [0.717, 1.165) is 33.3 Å². The van der Waals surface area contributed by atoms with Crippen molar-refractivity contribution in [3.63, 3.8) is 0 Å². The molecule has 1 heterocycles. The van der Waals surface area contributed by atoms with E-state index < -0.39 is 0 Å². The van der Waals surface area contributed by atoms with E-state index in [4.69, 9.17) is 0 Å². The maximum Gasteiger partial charge on any atom is 0.198 e. The van der Waals surface area contributed by atoms with Crippen molar-refractivity contribution < 1.29 is 5.11 Å². The summed E-state index contributed by atoms with van der Waals surface area (Å²) in [6.45, 7) is 6.13. The third kappa shape index (κ3) is 2.55. The number of H-pyrrole nitrogens is 1. The van der Waals surface area contributed by atoms with Gasteiger partial charge >= 0.3 is 0 Å². The number of benzene rings is 2. The van der Waals surface area contributed by atoms with Gasteiger partial charge in [0.15, 0.2) is 5.88 Å². The van der Waals surface area contributed by atoms with Gasteiger partial charge < -0.3 is 10.1 Å². The minimum Gasteiger partial charge on any atom is -0.494 e. The second-order valence-electron chi connectivity index (χ2n) is 5.48. The molecule has 0 unspecified atom stereocenters. The monoisotopic (exact) mass is 278 g/mol. The average Bonchev–Trinajstić information content (AvgIpc) is 2.72. The van der Waals surface area contributed by atoms with Gasteiger partial charge in [0, 0.05) is 17.1 Å². The molecule has 0 aliphatic rings. The smallest absolute Gasteiger partial charge is 0.198 e. The fraction of sp³-hybridized carbons (Fsp3) is 0.167. The zero-order valence-electron chi connectivity index (χ0n) is 12.4. The van der Waals surface area contributed by atoms with Gasteiger partial charge in [0.2, 0.25) is 0 Å². The van der Waals surface area contributed by atoms with Crippen molar-refractivity contribution in [2.24, 2.45) is 4.99 Å². The van der Waals surface area contributed by atoms with Gasteiger partial charge in [-0.3, -0.25) is 4.99 Å². The molecule has 0 bridgehead atoms. The first kappa shape index (κ1) is 13.4. The van der Waals surface area contributed by atoms with Gasteiger partial charge in [0.25, 0.3) is 0 Å². The first-order valence-electron chi connectivity index (χ1n) is 6.97. The molecule has 3 aromatic rings. The second-order valence-corrected chi connectivity index (χ2v) is 5.48. The Morgan fingerprint density at radius 2 is 1.71 bits per heavy atom. The van der Waals surface area contributed by atoms with Crippen molar-refractivity contribution in [3.8, 4) is 5.88 Å². The lowest BCUT2D eigenvalue weighted by Gasteiger charge is -2.01. The van der Waals surface area contributed by atoms with Gasteiger partial charge in [-0.25, -0.2) is 0 Å². The van der Waals surface area contributed by atoms with Crippen molar-refractivity contribution in [1.29, 1.82) is 0 Å². The lowest BCUT2D eigenvalue weighted by molar-refractivity contribution is 0.457. The van der Waals surface area contributed by atoms with E-state index >= 15 is 0 Å². The van der Waals surface area contributed by atoms with Crippen LogP contribution in [0.25, 0.3) is 10.9 Å². The molecule has 106 valence electrons. The van der Waals surface area contributed by atoms with Crippen LogP contribution >= 0.6 is 0 Å². The molecule has 1 aromatic heterocycles. The number of aromatic hydroxyl groups is 1. The summed E-state index contributed by atoms with van der Waals surface area (Å²) in [6.07, 6.45) is 1.72. The molecule has 0 saturated carbocycles. The predicted molar refractivity (Wildman–Crippen MR) is 87.9 cm³/mol. The summed E-state index contributed by atoms with van der Waals surface area (Å²) < 4.78 is 0. The molecule has 0 amide bonds. The van der Waals surface area contributed by atoms with Gasteiger partial charge in [-0.15, -0.1) is 0 Å². The van der Waals surface area contributed by atoms with Crippen LogP contribution in [0.5, 0.6) is 5.88 Å². The number of nitrogens with zero attached hydrogens (tertiary/aromatic N) is 1. The Hall–Kier alpha value is -2.55.